The zero-order valence-corrected chi connectivity index (χ0v) is 12.9. The van der Waals surface area contributed by atoms with Gasteiger partial charge in [-0.05, 0) is 44.9 Å². The monoisotopic (exact) mass is 304 g/mol. The van der Waals surface area contributed by atoms with Crippen molar-refractivity contribution in [2.45, 2.75) is 44.6 Å². The van der Waals surface area contributed by atoms with E-state index in [9.17, 15) is 13.2 Å². The Morgan fingerprint density at radius 1 is 1.32 bits per heavy atom. The average Bonchev–Trinajstić information content (AvgIpc) is 2.24. The molecule has 0 aromatic heterocycles. The molecular weight excluding hydrogens is 288 g/mol. The van der Waals surface area contributed by atoms with Crippen molar-refractivity contribution in [2.24, 2.45) is 0 Å². The Morgan fingerprint density at radius 3 is 2.32 bits per heavy atom. The molecule has 0 N–H and O–H groups in total. The molecule has 0 spiro atoms. The lowest BCUT2D eigenvalue weighted by atomic mass is 10.1. The summed E-state index contributed by atoms with van der Waals surface area (Å²) in [5.41, 5.74) is 0.106. The van der Waals surface area contributed by atoms with Crippen LogP contribution in [0.5, 0.6) is 0 Å². The van der Waals surface area contributed by atoms with E-state index in [0.29, 0.717) is 12.0 Å². The highest BCUT2D eigenvalue weighted by Crippen LogP contribution is 2.23. The minimum Gasteiger partial charge on any atom is -0.456 e. The van der Waals surface area contributed by atoms with E-state index in [1.165, 1.54) is 6.07 Å². The van der Waals surface area contributed by atoms with Crippen LogP contribution >= 0.6 is 10.7 Å². The second-order valence-electron chi connectivity index (χ2n) is 5.12. The molecule has 0 saturated carbocycles. The first-order valence-corrected chi connectivity index (χ1v) is 8.16. The van der Waals surface area contributed by atoms with Gasteiger partial charge < -0.3 is 4.74 Å². The summed E-state index contributed by atoms with van der Waals surface area (Å²) < 4.78 is 28.2. The molecule has 0 aliphatic heterocycles. The SMILES string of the molecule is CCc1ccc(C(=O)OC(C)(C)C)cc1S(=O)(=O)Cl. The Balaban J connectivity index is 3.23. The van der Waals surface area contributed by atoms with E-state index in [1.54, 1.807) is 32.9 Å². The standard InChI is InChI=1S/C13H17ClO4S/c1-5-9-6-7-10(8-11(9)19(14,16)17)12(15)18-13(2,3)4/h6-8H,5H2,1-4H3. The van der Waals surface area contributed by atoms with Gasteiger partial charge >= 0.3 is 5.97 Å². The number of hydrogen-bond acceptors (Lipinski definition) is 4. The molecule has 106 valence electrons. The molecule has 0 saturated heterocycles. The van der Waals surface area contributed by atoms with Crippen LogP contribution in [0.25, 0.3) is 0 Å². The smallest absolute Gasteiger partial charge is 0.338 e. The molecule has 4 nitrogen and oxygen atoms in total. The normalized spacial score (nSPS) is 12.3. The molecule has 0 heterocycles. The Kier molecular flexibility index (Phi) is 4.63. The van der Waals surface area contributed by atoms with Crippen LogP contribution in [0.4, 0.5) is 0 Å². The van der Waals surface area contributed by atoms with Crippen LogP contribution in [0.15, 0.2) is 23.1 Å². The maximum Gasteiger partial charge on any atom is 0.338 e. The van der Waals surface area contributed by atoms with Crippen molar-refractivity contribution in [2.75, 3.05) is 0 Å². The van der Waals surface area contributed by atoms with Gasteiger partial charge in [0.25, 0.3) is 9.05 Å². The lowest BCUT2D eigenvalue weighted by Crippen LogP contribution is -2.24. The van der Waals surface area contributed by atoms with Crippen LogP contribution in [-0.4, -0.2) is 20.0 Å². The lowest BCUT2D eigenvalue weighted by molar-refractivity contribution is 0.00692. The summed E-state index contributed by atoms with van der Waals surface area (Å²) in [4.78, 5) is 11.8. The first kappa shape index (κ1) is 16.0. The Labute approximate surface area is 118 Å². The summed E-state index contributed by atoms with van der Waals surface area (Å²) in [6, 6.07) is 4.38. The fraction of sp³-hybridized carbons (Fsp3) is 0.462. The van der Waals surface area contributed by atoms with E-state index < -0.39 is 20.6 Å². The van der Waals surface area contributed by atoms with Gasteiger partial charge in [-0.2, -0.15) is 0 Å². The summed E-state index contributed by atoms with van der Waals surface area (Å²) in [5.74, 6) is -0.572. The molecule has 0 radical (unpaired) electrons. The lowest BCUT2D eigenvalue weighted by Gasteiger charge is -2.19. The number of aryl methyl sites for hydroxylation is 1. The number of carbonyl (C=O) groups is 1. The first-order valence-electron chi connectivity index (χ1n) is 5.85. The highest BCUT2D eigenvalue weighted by Gasteiger charge is 2.21. The number of esters is 1. The van der Waals surface area contributed by atoms with Gasteiger partial charge in [0.15, 0.2) is 0 Å². The summed E-state index contributed by atoms with van der Waals surface area (Å²) >= 11 is 0. The van der Waals surface area contributed by atoms with Gasteiger partial charge in [0.2, 0.25) is 0 Å². The topological polar surface area (TPSA) is 60.4 Å². The molecule has 6 heteroatoms. The van der Waals surface area contributed by atoms with Crippen LogP contribution in [0, 0.1) is 0 Å². The zero-order chi connectivity index (χ0) is 14.8. The van der Waals surface area contributed by atoms with Gasteiger partial charge in [0.05, 0.1) is 10.5 Å². The van der Waals surface area contributed by atoms with Gasteiger partial charge in [0.1, 0.15) is 5.60 Å². The molecule has 0 atom stereocenters. The third-order valence-electron chi connectivity index (χ3n) is 2.35. The van der Waals surface area contributed by atoms with E-state index in [2.05, 4.69) is 0 Å². The molecule has 1 aromatic carbocycles. The zero-order valence-electron chi connectivity index (χ0n) is 11.4. The first-order chi connectivity index (χ1) is 8.54. The molecule has 0 aliphatic rings. The summed E-state index contributed by atoms with van der Waals surface area (Å²) in [7, 11) is 1.49. The van der Waals surface area contributed by atoms with Crippen LogP contribution in [0.1, 0.15) is 43.6 Å². The predicted octanol–water partition coefficient (Wildman–Crippen LogP) is 3.13. The Bertz CT molecular complexity index is 585. The molecule has 0 amide bonds. The van der Waals surface area contributed by atoms with Crippen LogP contribution in [-0.2, 0) is 20.2 Å². The molecule has 1 aromatic rings. The van der Waals surface area contributed by atoms with Gasteiger partial charge in [-0.3, -0.25) is 0 Å². The Morgan fingerprint density at radius 2 is 1.89 bits per heavy atom. The van der Waals surface area contributed by atoms with E-state index in [0.717, 1.165) is 0 Å². The molecular formula is C13H17ClO4S. The van der Waals surface area contributed by atoms with Crippen molar-refractivity contribution < 1.29 is 17.9 Å². The molecule has 1 rings (SSSR count). The van der Waals surface area contributed by atoms with Crippen molar-refractivity contribution in [1.29, 1.82) is 0 Å². The van der Waals surface area contributed by atoms with Crippen molar-refractivity contribution in [1.82, 2.24) is 0 Å². The number of benzene rings is 1. The molecule has 0 bridgehead atoms. The summed E-state index contributed by atoms with van der Waals surface area (Å²) in [6.07, 6.45) is 0.510. The summed E-state index contributed by atoms with van der Waals surface area (Å²) in [6.45, 7) is 7.04. The van der Waals surface area contributed by atoms with Crippen molar-refractivity contribution in [3.05, 3.63) is 29.3 Å². The highest BCUT2D eigenvalue weighted by molar-refractivity contribution is 8.13. The van der Waals surface area contributed by atoms with E-state index in [1.807, 2.05) is 6.92 Å². The third-order valence-corrected chi connectivity index (χ3v) is 3.75. The van der Waals surface area contributed by atoms with E-state index >= 15 is 0 Å². The Hall–Kier alpha value is -1.07. The minimum absolute atomic E-state index is 0.0416. The minimum atomic E-state index is -3.88. The average molecular weight is 305 g/mol. The van der Waals surface area contributed by atoms with Gasteiger partial charge in [0, 0.05) is 10.7 Å². The van der Waals surface area contributed by atoms with Crippen LogP contribution in [0.3, 0.4) is 0 Å². The number of halogens is 1. The third kappa shape index (κ3) is 4.51. The number of hydrogen-bond donors (Lipinski definition) is 0. The second-order valence-corrected chi connectivity index (χ2v) is 7.65. The molecule has 19 heavy (non-hydrogen) atoms. The van der Waals surface area contributed by atoms with Gasteiger partial charge in [-0.25, -0.2) is 13.2 Å². The molecule has 0 aliphatic carbocycles. The quantitative estimate of drug-likeness (QED) is 0.636. The van der Waals surface area contributed by atoms with Crippen molar-refractivity contribution >= 4 is 25.7 Å². The highest BCUT2D eigenvalue weighted by atomic mass is 35.7. The van der Waals surface area contributed by atoms with Crippen molar-refractivity contribution in [3.63, 3.8) is 0 Å². The number of rotatable bonds is 3. The molecule has 0 unspecified atom stereocenters. The van der Waals surface area contributed by atoms with Gasteiger partial charge in [-0.1, -0.05) is 13.0 Å². The van der Waals surface area contributed by atoms with E-state index in [4.69, 9.17) is 15.4 Å². The maximum atomic E-state index is 11.9. The molecule has 0 fully saturated rings. The fourth-order valence-electron chi connectivity index (χ4n) is 1.54. The second kappa shape index (κ2) is 5.51. The fourth-order valence-corrected chi connectivity index (χ4v) is 2.76. The predicted molar refractivity (Wildman–Crippen MR) is 74.0 cm³/mol. The number of carbonyl (C=O) groups excluding carboxylic acids is 1. The largest absolute Gasteiger partial charge is 0.456 e. The van der Waals surface area contributed by atoms with Crippen molar-refractivity contribution in [3.8, 4) is 0 Å². The van der Waals surface area contributed by atoms with E-state index in [-0.39, 0.29) is 10.5 Å². The van der Waals surface area contributed by atoms with Crippen LogP contribution < -0.4 is 0 Å². The van der Waals surface area contributed by atoms with Gasteiger partial charge in [-0.15, -0.1) is 0 Å². The van der Waals surface area contributed by atoms with Crippen LogP contribution in [0.2, 0.25) is 0 Å². The summed E-state index contributed by atoms with van der Waals surface area (Å²) in [5, 5.41) is 0. The number of ether oxygens (including phenoxy) is 1. The maximum absolute atomic E-state index is 11.9.